The molecular formula is C15H21N3O. The molecule has 1 saturated heterocycles. The molecule has 2 fully saturated rings. The molecule has 1 amide bonds. The second kappa shape index (κ2) is 5.21. The van der Waals surface area contributed by atoms with Gasteiger partial charge in [-0.15, -0.1) is 0 Å². The Bertz CT molecular complexity index is 462. The molecule has 102 valence electrons. The Morgan fingerprint density at radius 1 is 1.21 bits per heavy atom. The van der Waals surface area contributed by atoms with Crippen LogP contribution in [0.25, 0.3) is 0 Å². The van der Waals surface area contributed by atoms with E-state index in [4.69, 9.17) is 5.73 Å². The molecule has 1 aliphatic carbocycles. The number of anilines is 1. The Balaban J connectivity index is 1.56. The quantitative estimate of drug-likeness (QED) is 0.836. The number of piperazine rings is 1. The van der Waals surface area contributed by atoms with Crippen LogP contribution in [0.5, 0.6) is 0 Å². The lowest BCUT2D eigenvalue weighted by Crippen LogP contribution is -2.49. The molecule has 2 aliphatic rings. The first-order valence-corrected chi connectivity index (χ1v) is 7.09. The van der Waals surface area contributed by atoms with Crippen molar-refractivity contribution in [3.05, 3.63) is 29.8 Å². The van der Waals surface area contributed by atoms with Gasteiger partial charge in [-0.25, -0.2) is 0 Å². The van der Waals surface area contributed by atoms with Gasteiger partial charge in [0.1, 0.15) is 0 Å². The maximum Gasteiger partial charge on any atom is 0.254 e. The summed E-state index contributed by atoms with van der Waals surface area (Å²) in [4.78, 5) is 16.8. The molecule has 3 rings (SSSR count). The number of hydrogen-bond donors (Lipinski definition) is 1. The minimum absolute atomic E-state index is 0.110. The number of benzene rings is 1. The van der Waals surface area contributed by atoms with Crippen LogP contribution in [-0.4, -0.2) is 48.4 Å². The van der Waals surface area contributed by atoms with E-state index in [1.807, 2.05) is 23.1 Å². The molecule has 1 saturated carbocycles. The van der Waals surface area contributed by atoms with Crippen LogP contribution in [-0.2, 0) is 0 Å². The van der Waals surface area contributed by atoms with E-state index < -0.39 is 0 Å². The van der Waals surface area contributed by atoms with Crippen molar-refractivity contribution in [2.45, 2.75) is 12.8 Å². The number of carbonyl (C=O) groups is 1. The lowest BCUT2D eigenvalue weighted by Gasteiger charge is -2.34. The summed E-state index contributed by atoms with van der Waals surface area (Å²) in [5.74, 6) is 1.04. The van der Waals surface area contributed by atoms with Gasteiger partial charge in [0.2, 0.25) is 0 Å². The van der Waals surface area contributed by atoms with Gasteiger partial charge in [-0.1, -0.05) is 6.07 Å². The zero-order chi connectivity index (χ0) is 13.2. The van der Waals surface area contributed by atoms with E-state index in [0.29, 0.717) is 11.3 Å². The Labute approximate surface area is 114 Å². The SMILES string of the molecule is Nc1cccc(C(=O)N2CCN(CC3CC3)CC2)c1. The van der Waals surface area contributed by atoms with Crippen molar-refractivity contribution in [2.24, 2.45) is 5.92 Å². The molecule has 1 heterocycles. The number of amides is 1. The van der Waals surface area contributed by atoms with Gasteiger partial charge >= 0.3 is 0 Å². The third kappa shape index (κ3) is 3.07. The third-order valence-electron chi connectivity index (χ3n) is 4.01. The smallest absolute Gasteiger partial charge is 0.254 e. The van der Waals surface area contributed by atoms with Gasteiger partial charge in [0.05, 0.1) is 0 Å². The highest BCUT2D eigenvalue weighted by Gasteiger charge is 2.27. The van der Waals surface area contributed by atoms with Crippen LogP contribution < -0.4 is 5.73 Å². The average Bonchev–Trinajstić information content (AvgIpc) is 3.23. The summed E-state index contributed by atoms with van der Waals surface area (Å²) in [6.07, 6.45) is 2.78. The van der Waals surface area contributed by atoms with Crippen LogP contribution in [0.3, 0.4) is 0 Å². The van der Waals surface area contributed by atoms with Gasteiger partial charge < -0.3 is 10.6 Å². The van der Waals surface area contributed by atoms with Gasteiger partial charge in [-0.2, -0.15) is 0 Å². The highest BCUT2D eigenvalue weighted by Crippen LogP contribution is 2.30. The fraction of sp³-hybridized carbons (Fsp3) is 0.533. The summed E-state index contributed by atoms with van der Waals surface area (Å²) in [5.41, 5.74) is 7.09. The standard InChI is InChI=1S/C15H21N3O/c16-14-3-1-2-13(10-14)15(19)18-8-6-17(7-9-18)11-12-4-5-12/h1-3,10,12H,4-9,11,16H2. The summed E-state index contributed by atoms with van der Waals surface area (Å²) in [5, 5.41) is 0. The molecule has 0 radical (unpaired) electrons. The van der Waals surface area contributed by atoms with Crippen molar-refractivity contribution in [1.29, 1.82) is 0 Å². The predicted octanol–water partition coefficient (Wildman–Crippen LogP) is 1.44. The summed E-state index contributed by atoms with van der Waals surface area (Å²) in [6.45, 7) is 4.90. The topological polar surface area (TPSA) is 49.6 Å². The molecule has 1 aliphatic heterocycles. The molecule has 0 atom stereocenters. The van der Waals surface area contributed by atoms with Crippen LogP contribution >= 0.6 is 0 Å². The fourth-order valence-corrected chi connectivity index (χ4v) is 2.65. The monoisotopic (exact) mass is 259 g/mol. The van der Waals surface area contributed by atoms with E-state index in [-0.39, 0.29) is 5.91 Å². The number of nitrogens with zero attached hydrogens (tertiary/aromatic N) is 2. The molecule has 0 bridgehead atoms. The van der Waals surface area contributed by atoms with Gasteiger partial charge in [0.15, 0.2) is 0 Å². The first-order chi connectivity index (χ1) is 9.22. The number of carbonyl (C=O) groups excluding carboxylic acids is 1. The predicted molar refractivity (Wildman–Crippen MR) is 75.9 cm³/mol. The summed E-state index contributed by atoms with van der Waals surface area (Å²) in [7, 11) is 0. The highest BCUT2D eigenvalue weighted by molar-refractivity contribution is 5.95. The first-order valence-electron chi connectivity index (χ1n) is 7.09. The van der Waals surface area contributed by atoms with E-state index in [0.717, 1.165) is 32.1 Å². The second-order valence-corrected chi connectivity index (χ2v) is 5.66. The second-order valence-electron chi connectivity index (χ2n) is 5.66. The molecule has 4 nitrogen and oxygen atoms in total. The van der Waals surface area contributed by atoms with Crippen LogP contribution in [0.2, 0.25) is 0 Å². The summed E-state index contributed by atoms with van der Waals surface area (Å²) < 4.78 is 0. The average molecular weight is 259 g/mol. The fourth-order valence-electron chi connectivity index (χ4n) is 2.65. The molecule has 19 heavy (non-hydrogen) atoms. The van der Waals surface area contributed by atoms with Crippen molar-refractivity contribution in [1.82, 2.24) is 9.80 Å². The Morgan fingerprint density at radius 3 is 2.58 bits per heavy atom. The summed E-state index contributed by atoms with van der Waals surface area (Å²) in [6, 6.07) is 7.25. The molecule has 0 unspecified atom stereocenters. The zero-order valence-electron chi connectivity index (χ0n) is 11.2. The van der Waals surface area contributed by atoms with Gasteiger partial charge in [0.25, 0.3) is 5.91 Å². The van der Waals surface area contributed by atoms with E-state index in [1.54, 1.807) is 6.07 Å². The Kier molecular flexibility index (Phi) is 3.42. The number of nitrogens with two attached hydrogens (primary N) is 1. The van der Waals surface area contributed by atoms with Crippen LogP contribution in [0.4, 0.5) is 5.69 Å². The Morgan fingerprint density at radius 2 is 1.95 bits per heavy atom. The maximum absolute atomic E-state index is 12.3. The first kappa shape index (κ1) is 12.5. The van der Waals surface area contributed by atoms with E-state index in [2.05, 4.69) is 4.90 Å². The molecule has 1 aromatic carbocycles. The van der Waals surface area contributed by atoms with Gasteiger partial charge in [-0.05, 0) is 37.0 Å². The minimum atomic E-state index is 0.110. The Hall–Kier alpha value is -1.55. The van der Waals surface area contributed by atoms with E-state index in [9.17, 15) is 4.79 Å². The van der Waals surface area contributed by atoms with Gasteiger partial charge in [0, 0.05) is 44.0 Å². The number of nitrogen functional groups attached to an aromatic ring is 1. The highest BCUT2D eigenvalue weighted by atomic mass is 16.2. The van der Waals surface area contributed by atoms with Crippen LogP contribution in [0.1, 0.15) is 23.2 Å². The van der Waals surface area contributed by atoms with Crippen molar-refractivity contribution in [3.8, 4) is 0 Å². The van der Waals surface area contributed by atoms with E-state index >= 15 is 0 Å². The zero-order valence-corrected chi connectivity index (χ0v) is 11.2. The van der Waals surface area contributed by atoms with Crippen molar-refractivity contribution in [3.63, 3.8) is 0 Å². The summed E-state index contributed by atoms with van der Waals surface area (Å²) >= 11 is 0. The van der Waals surface area contributed by atoms with Crippen LogP contribution in [0.15, 0.2) is 24.3 Å². The molecular weight excluding hydrogens is 238 g/mol. The van der Waals surface area contributed by atoms with Crippen molar-refractivity contribution in [2.75, 3.05) is 38.5 Å². The third-order valence-corrected chi connectivity index (χ3v) is 4.01. The molecule has 2 N–H and O–H groups in total. The number of hydrogen-bond acceptors (Lipinski definition) is 3. The molecule has 1 aromatic rings. The largest absolute Gasteiger partial charge is 0.399 e. The molecule has 0 aromatic heterocycles. The van der Waals surface area contributed by atoms with E-state index in [1.165, 1.54) is 19.4 Å². The van der Waals surface area contributed by atoms with Crippen molar-refractivity contribution < 1.29 is 4.79 Å². The lowest BCUT2D eigenvalue weighted by molar-refractivity contribution is 0.0632. The molecule has 4 heteroatoms. The minimum Gasteiger partial charge on any atom is -0.399 e. The molecule has 0 spiro atoms. The normalized spacial score (nSPS) is 20.5. The number of rotatable bonds is 3. The van der Waals surface area contributed by atoms with Crippen LogP contribution in [0, 0.1) is 5.92 Å². The van der Waals surface area contributed by atoms with Gasteiger partial charge in [-0.3, -0.25) is 9.69 Å². The maximum atomic E-state index is 12.3. The lowest BCUT2D eigenvalue weighted by atomic mass is 10.1. The van der Waals surface area contributed by atoms with Crippen molar-refractivity contribution >= 4 is 11.6 Å².